The molecule has 0 spiro atoms. The molecule has 1 unspecified atom stereocenters. The van der Waals surface area contributed by atoms with E-state index in [4.69, 9.17) is 4.98 Å². The van der Waals surface area contributed by atoms with Crippen LogP contribution in [0.2, 0.25) is 0 Å². The minimum Gasteiger partial charge on any atom is -0.309 e. The van der Waals surface area contributed by atoms with Crippen molar-refractivity contribution in [1.29, 1.82) is 0 Å². The third-order valence-electron chi connectivity index (χ3n) is 3.41. The molecular formula is C13H18N4. The Bertz CT molecular complexity index is 523. The number of imidazole rings is 1. The van der Waals surface area contributed by atoms with Crippen LogP contribution in [0.4, 0.5) is 0 Å². The standard InChI is InChI=1S/C13H18N4/c1-9(2)13-16-12(10-4-3-5-15-10)11-8-14-6-7-17(11)13/h6-10,15H,3-5H2,1-2H3. The van der Waals surface area contributed by atoms with E-state index in [0.717, 1.165) is 17.9 Å². The van der Waals surface area contributed by atoms with Gasteiger partial charge in [-0.2, -0.15) is 0 Å². The SMILES string of the molecule is CC(C)c1nc(C2CCCN2)c2cnccn12. The zero-order valence-electron chi connectivity index (χ0n) is 10.3. The van der Waals surface area contributed by atoms with Crippen molar-refractivity contribution in [3.8, 4) is 0 Å². The zero-order chi connectivity index (χ0) is 11.8. The van der Waals surface area contributed by atoms with Crippen LogP contribution >= 0.6 is 0 Å². The summed E-state index contributed by atoms with van der Waals surface area (Å²) in [6.07, 6.45) is 8.18. The predicted molar refractivity (Wildman–Crippen MR) is 67.1 cm³/mol. The summed E-state index contributed by atoms with van der Waals surface area (Å²) in [4.78, 5) is 9.06. The van der Waals surface area contributed by atoms with Crippen LogP contribution in [0.15, 0.2) is 18.6 Å². The van der Waals surface area contributed by atoms with Gasteiger partial charge in [-0.25, -0.2) is 4.98 Å². The smallest absolute Gasteiger partial charge is 0.116 e. The lowest BCUT2D eigenvalue weighted by molar-refractivity contribution is 0.631. The van der Waals surface area contributed by atoms with Crippen molar-refractivity contribution < 1.29 is 0 Å². The molecule has 1 aliphatic heterocycles. The normalized spacial score (nSPS) is 20.5. The van der Waals surface area contributed by atoms with Gasteiger partial charge in [0, 0.05) is 18.3 Å². The number of nitrogens with zero attached hydrogens (tertiary/aromatic N) is 3. The number of aromatic nitrogens is 3. The van der Waals surface area contributed by atoms with Gasteiger partial charge in [-0.05, 0) is 19.4 Å². The molecule has 1 fully saturated rings. The molecule has 1 saturated heterocycles. The summed E-state index contributed by atoms with van der Waals surface area (Å²) < 4.78 is 2.17. The highest BCUT2D eigenvalue weighted by molar-refractivity contribution is 5.53. The first kappa shape index (κ1) is 10.7. The third-order valence-corrected chi connectivity index (χ3v) is 3.41. The molecule has 0 amide bonds. The number of hydrogen-bond acceptors (Lipinski definition) is 3. The predicted octanol–water partition coefficient (Wildman–Crippen LogP) is 2.28. The summed E-state index contributed by atoms with van der Waals surface area (Å²) >= 11 is 0. The van der Waals surface area contributed by atoms with E-state index in [1.165, 1.54) is 18.5 Å². The largest absolute Gasteiger partial charge is 0.309 e. The molecular weight excluding hydrogens is 212 g/mol. The van der Waals surface area contributed by atoms with Gasteiger partial charge >= 0.3 is 0 Å². The molecule has 4 heteroatoms. The van der Waals surface area contributed by atoms with Crippen molar-refractivity contribution in [2.45, 2.75) is 38.6 Å². The van der Waals surface area contributed by atoms with Crippen LogP contribution in [0.3, 0.4) is 0 Å². The van der Waals surface area contributed by atoms with Crippen molar-refractivity contribution in [2.75, 3.05) is 6.54 Å². The molecule has 17 heavy (non-hydrogen) atoms. The molecule has 1 atom stereocenters. The van der Waals surface area contributed by atoms with E-state index >= 15 is 0 Å². The maximum atomic E-state index is 4.83. The lowest BCUT2D eigenvalue weighted by Gasteiger charge is -2.06. The van der Waals surface area contributed by atoms with E-state index in [2.05, 4.69) is 28.5 Å². The minimum absolute atomic E-state index is 0.404. The Morgan fingerprint density at radius 1 is 1.47 bits per heavy atom. The molecule has 90 valence electrons. The Balaban J connectivity index is 2.17. The summed E-state index contributed by atoms with van der Waals surface area (Å²) in [5.74, 6) is 1.56. The third kappa shape index (κ3) is 1.72. The number of nitrogens with one attached hydrogen (secondary N) is 1. The molecule has 0 bridgehead atoms. The maximum absolute atomic E-state index is 4.83. The van der Waals surface area contributed by atoms with Crippen molar-refractivity contribution >= 4 is 5.52 Å². The van der Waals surface area contributed by atoms with Crippen LogP contribution in [0.1, 0.15) is 50.2 Å². The van der Waals surface area contributed by atoms with Gasteiger partial charge in [0.1, 0.15) is 5.82 Å². The number of rotatable bonds is 2. The zero-order valence-corrected chi connectivity index (χ0v) is 10.3. The van der Waals surface area contributed by atoms with Gasteiger partial charge in [-0.3, -0.25) is 4.98 Å². The second-order valence-corrected chi connectivity index (χ2v) is 4.99. The second kappa shape index (κ2) is 4.11. The molecule has 0 aliphatic carbocycles. The molecule has 0 saturated carbocycles. The van der Waals surface area contributed by atoms with Crippen LogP contribution in [-0.4, -0.2) is 20.9 Å². The molecule has 0 radical (unpaired) electrons. The Hall–Kier alpha value is -1.42. The molecule has 0 aromatic carbocycles. The lowest BCUT2D eigenvalue weighted by Crippen LogP contribution is -2.13. The fourth-order valence-electron chi connectivity index (χ4n) is 2.57. The molecule has 2 aromatic rings. The average molecular weight is 230 g/mol. The van der Waals surface area contributed by atoms with Gasteiger partial charge < -0.3 is 9.72 Å². The van der Waals surface area contributed by atoms with Crippen molar-refractivity contribution in [2.24, 2.45) is 0 Å². The van der Waals surface area contributed by atoms with Crippen LogP contribution in [0.25, 0.3) is 5.52 Å². The van der Waals surface area contributed by atoms with E-state index in [9.17, 15) is 0 Å². The quantitative estimate of drug-likeness (QED) is 0.860. The first-order valence-corrected chi connectivity index (χ1v) is 6.32. The summed E-state index contributed by atoms with van der Waals surface area (Å²) in [6.45, 7) is 5.46. The first-order valence-electron chi connectivity index (χ1n) is 6.32. The second-order valence-electron chi connectivity index (χ2n) is 4.99. The van der Waals surface area contributed by atoms with E-state index in [-0.39, 0.29) is 0 Å². The van der Waals surface area contributed by atoms with Crippen LogP contribution in [-0.2, 0) is 0 Å². The summed E-state index contributed by atoms with van der Waals surface area (Å²) in [6, 6.07) is 0.404. The Morgan fingerprint density at radius 3 is 3.06 bits per heavy atom. The molecule has 3 rings (SSSR count). The summed E-state index contributed by atoms with van der Waals surface area (Å²) in [5, 5.41) is 3.51. The van der Waals surface area contributed by atoms with Gasteiger partial charge in [0.15, 0.2) is 0 Å². The topological polar surface area (TPSA) is 42.2 Å². The van der Waals surface area contributed by atoms with Crippen molar-refractivity contribution in [3.05, 3.63) is 30.1 Å². The van der Waals surface area contributed by atoms with Gasteiger partial charge in [-0.15, -0.1) is 0 Å². The monoisotopic (exact) mass is 230 g/mol. The fourth-order valence-corrected chi connectivity index (χ4v) is 2.57. The molecule has 3 heterocycles. The van der Waals surface area contributed by atoms with Crippen molar-refractivity contribution in [1.82, 2.24) is 19.7 Å². The Morgan fingerprint density at radius 2 is 2.35 bits per heavy atom. The number of hydrogen-bond donors (Lipinski definition) is 1. The maximum Gasteiger partial charge on any atom is 0.116 e. The highest BCUT2D eigenvalue weighted by atomic mass is 15.1. The molecule has 1 N–H and O–H groups in total. The molecule has 1 aliphatic rings. The fraction of sp³-hybridized carbons (Fsp3) is 0.538. The van der Waals surface area contributed by atoms with E-state index in [0.29, 0.717) is 12.0 Å². The van der Waals surface area contributed by atoms with Gasteiger partial charge in [0.05, 0.1) is 23.4 Å². The van der Waals surface area contributed by atoms with Crippen LogP contribution in [0.5, 0.6) is 0 Å². The Kier molecular flexibility index (Phi) is 2.59. The first-order chi connectivity index (χ1) is 8.27. The van der Waals surface area contributed by atoms with Gasteiger partial charge in [-0.1, -0.05) is 13.8 Å². The summed E-state index contributed by atoms with van der Waals surface area (Å²) in [5.41, 5.74) is 2.31. The summed E-state index contributed by atoms with van der Waals surface area (Å²) in [7, 11) is 0. The molecule has 4 nitrogen and oxygen atoms in total. The van der Waals surface area contributed by atoms with Gasteiger partial charge in [0.2, 0.25) is 0 Å². The molecule has 2 aromatic heterocycles. The van der Waals surface area contributed by atoms with E-state index in [1.807, 2.05) is 18.6 Å². The minimum atomic E-state index is 0.404. The highest BCUT2D eigenvalue weighted by Gasteiger charge is 2.23. The van der Waals surface area contributed by atoms with Crippen LogP contribution < -0.4 is 5.32 Å². The highest BCUT2D eigenvalue weighted by Crippen LogP contribution is 2.28. The number of fused-ring (bicyclic) bond motifs is 1. The van der Waals surface area contributed by atoms with E-state index < -0.39 is 0 Å². The van der Waals surface area contributed by atoms with Gasteiger partial charge in [0.25, 0.3) is 0 Å². The van der Waals surface area contributed by atoms with E-state index in [1.54, 1.807) is 0 Å². The van der Waals surface area contributed by atoms with Crippen molar-refractivity contribution in [3.63, 3.8) is 0 Å². The van der Waals surface area contributed by atoms with Crippen LogP contribution in [0, 0.1) is 0 Å². The average Bonchev–Trinajstić information content (AvgIpc) is 2.95. The lowest BCUT2D eigenvalue weighted by atomic mass is 10.1. The Labute approximate surface area is 101 Å².